The summed E-state index contributed by atoms with van der Waals surface area (Å²) in [5, 5.41) is 11.9. The lowest BCUT2D eigenvalue weighted by molar-refractivity contribution is -0.317. The van der Waals surface area contributed by atoms with E-state index in [1.165, 1.54) is 4.90 Å². The van der Waals surface area contributed by atoms with Crippen LogP contribution in [-0.4, -0.2) is 34.6 Å². The van der Waals surface area contributed by atoms with Crippen LogP contribution in [0.2, 0.25) is 0 Å². The number of halogens is 1. The molecule has 6 heteroatoms. The van der Waals surface area contributed by atoms with E-state index < -0.39 is 23.2 Å². The lowest BCUT2D eigenvalue weighted by Crippen LogP contribution is -2.60. The topological polar surface area (TPSA) is 69.7 Å². The molecule has 1 aromatic rings. The molecule has 1 aromatic carbocycles. The Labute approximate surface area is 144 Å². The van der Waals surface area contributed by atoms with Gasteiger partial charge < -0.3 is 14.6 Å². The zero-order chi connectivity index (χ0) is 17.3. The third kappa shape index (κ3) is 4.05. The van der Waals surface area contributed by atoms with E-state index in [0.29, 0.717) is 19.4 Å². The van der Waals surface area contributed by atoms with Gasteiger partial charge in [0.25, 0.3) is 0 Å². The smallest absolute Gasteiger partial charge is 0.411 e. The number of hydrogen-bond acceptors (Lipinski definition) is 4. The minimum Gasteiger partial charge on any atom is -0.548 e. The first-order valence-electron chi connectivity index (χ1n) is 7.61. The van der Waals surface area contributed by atoms with Crippen LogP contribution in [0.25, 0.3) is 0 Å². The Morgan fingerprint density at radius 2 is 2.09 bits per heavy atom. The molecule has 2 rings (SSSR count). The predicted molar refractivity (Wildman–Crippen MR) is 87.8 cm³/mol. The highest BCUT2D eigenvalue weighted by Gasteiger charge is 2.46. The molecule has 0 bridgehead atoms. The number of hydrogen-bond donors (Lipinski definition) is 0. The standard InChI is InChI=1S/C17H22BrNO4/c1-16(2,3)23-15(22)19-9-5-8-17(19,14(20)21)11-12-6-4-7-13(18)10-12/h4,6-7,10H,5,8-9,11H2,1-3H3,(H,20,21)/p-1/t17-/m1/s1. The van der Waals surface area contributed by atoms with Crippen LogP contribution < -0.4 is 5.11 Å². The number of carboxylic acids is 1. The molecule has 1 amide bonds. The van der Waals surface area contributed by atoms with Crippen molar-refractivity contribution in [3.63, 3.8) is 0 Å². The fourth-order valence-electron chi connectivity index (χ4n) is 2.91. The van der Waals surface area contributed by atoms with E-state index in [1.807, 2.05) is 24.3 Å². The minimum atomic E-state index is -1.36. The van der Waals surface area contributed by atoms with Crippen LogP contribution >= 0.6 is 15.9 Å². The molecular weight excluding hydrogens is 362 g/mol. The van der Waals surface area contributed by atoms with Crippen LogP contribution in [0.15, 0.2) is 28.7 Å². The monoisotopic (exact) mass is 382 g/mol. The van der Waals surface area contributed by atoms with Crippen molar-refractivity contribution in [3.8, 4) is 0 Å². The average molecular weight is 383 g/mol. The molecule has 0 aromatic heterocycles. The number of carboxylic acid groups (broad SMARTS) is 1. The quantitative estimate of drug-likeness (QED) is 0.804. The van der Waals surface area contributed by atoms with Crippen molar-refractivity contribution in [2.24, 2.45) is 0 Å². The number of benzene rings is 1. The van der Waals surface area contributed by atoms with Crippen molar-refractivity contribution in [2.75, 3.05) is 6.54 Å². The van der Waals surface area contributed by atoms with Crippen molar-refractivity contribution >= 4 is 28.0 Å². The van der Waals surface area contributed by atoms with Crippen molar-refractivity contribution in [1.29, 1.82) is 0 Å². The average Bonchev–Trinajstić information content (AvgIpc) is 2.82. The Kier molecular flexibility index (Phi) is 5.04. The molecule has 1 saturated heterocycles. The van der Waals surface area contributed by atoms with Gasteiger partial charge in [-0.05, 0) is 51.3 Å². The first-order chi connectivity index (χ1) is 10.6. The van der Waals surface area contributed by atoms with Crippen LogP contribution in [0.1, 0.15) is 39.2 Å². The number of nitrogens with zero attached hydrogens (tertiary/aromatic N) is 1. The highest BCUT2D eigenvalue weighted by atomic mass is 79.9. The first-order valence-corrected chi connectivity index (χ1v) is 8.40. The van der Waals surface area contributed by atoms with E-state index in [1.54, 1.807) is 20.8 Å². The van der Waals surface area contributed by atoms with E-state index in [9.17, 15) is 14.7 Å². The first kappa shape index (κ1) is 17.8. The second-order valence-electron chi connectivity index (χ2n) is 6.86. The van der Waals surface area contributed by atoms with Gasteiger partial charge in [0.05, 0.1) is 11.5 Å². The van der Waals surface area contributed by atoms with Gasteiger partial charge in [-0.1, -0.05) is 28.1 Å². The third-order valence-corrected chi connectivity index (χ3v) is 4.36. The van der Waals surface area contributed by atoms with Gasteiger partial charge in [0.2, 0.25) is 0 Å². The Morgan fingerprint density at radius 1 is 1.39 bits per heavy atom. The van der Waals surface area contributed by atoms with Crippen LogP contribution in [0.4, 0.5) is 4.79 Å². The van der Waals surface area contributed by atoms with Crippen molar-refractivity contribution < 1.29 is 19.4 Å². The fraction of sp³-hybridized carbons (Fsp3) is 0.529. The summed E-state index contributed by atoms with van der Waals surface area (Å²) in [7, 11) is 0. The van der Waals surface area contributed by atoms with Crippen LogP contribution in [0, 0.1) is 0 Å². The van der Waals surface area contributed by atoms with E-state index >= 15 is 0 Å². The summed E-state index contributed by atoms with van der Waals surface area (Å²) in [4.78, 5) is 25.7. The van der Waals surface area contributed by atoms with Crippen molar-refractivity contribution in [3.05, 3.63) is 34.3 Å². The summed E-state index contributed by atoms with van der Waals surface area (Å²) in [5.74, 6) is -1.24. The Balaban J connectivity index is 2.31. The third-order valence-electron chi connectivity index (χ3n) is 3.87. The lowest BCUT2D eigenvalue weighted by atomic mass is 9.88. The zero-order valence-electron chi connectivity index (χ0n) is 13.6. The highest BCUT2D eigenvalue weighted by Crippen LogP contribution is 2.34. The summed E-state index contributed by atoms with van der Waals surface area (Å²) in [6, 6.07) is 7.42. The number of carbonyl (C=O) groups is 2. The Morgan fingerprint density at radius 3 is 2.65 bits per heavy atom. The molecule has 1 atom stereocenters. The Bertz CT molecular complexity index is 611. The minimum absolute atomic E-state index is 0.202. The van der Waals surface area contributed by atoms with Gasteiger partial charge in [-0.15, -0.1) is 0 Å². The molecule has 0 radical (unpaired) electrons. The molecule has 0 aliphatic carbocycles. The molecule has 1 fully saturated rings. The molecule has 5 nitrogen and oxygen atoms in total. The summed E-state index contributed by atoms with van der Waals surface area (Å²) < 4.78 is 6.24. The van der Waals surface area contributed by atoms with E-state index in [0.717, 1.165) is 10.0 Å². The predicted octanol–water partition coefficient (Wildman–Crippen LogP) is 2.51. The summed E-state index contributed by atoms with van der Waals surface area (Å²) >= 11 is 3.38. The molecule has 0 unspecified atom stereocenters. The van der Waals surface area contributed by atoms with Gasteiger partial charge in [-0.2, -0.15) is 0 Å². The van der Waals surface area contributed by atoms with Gasteiger partial charge in [-0.3, -0.25) is 4.90 Å². The molecule has 23 heavy (non-hydrogen) atoms. The number of likely N-dealkylation sites (tertiary alicyclic amines) is 1. The maximum absolute atomic E-state index is 12.4. The molecule has 1 heterocycles. The van der Waals surface area contributed by atoms with Gasteiger partial charge in [0, 0.05) is 17.4 Å². The molecule has 1 aliphatic heterocycles. The second-order valence-corrected chi connectivity index (χ2v) is 7.78. The fourth-order valence-corrected chi connectivity index (χ4v) is 3.36. The van der Waals surface area contributed by atoms with E-state index in [4.69, 9.17) is 4.74 Å². The largest absolute Gasteiger partial charge is 0.548 e. The number of ether oxygens (including phenoxy) is 1. The summed E-state index contributed by atoms with van der Waals surface area (Å²) in [6.07, 6.45) is 0.574. The van der Waals surface area contributed by atoms with Crippen LogP contribution in [0.5, 0.6) is 0 Å². The lowest BCUT2D eigenvalue weighted by Gasteiger charge is -2.40. The molecule has 0 N–H and O–H groups in total. The van der Waals surface area contributed by atoms with Gasteiger partial charge in [0.1, 0.15) is 5.60 Å². The molecule has 0 spiro atoms. The van der Waals surface area contributed by atoms with Gasteiger partial charge in [0.15, 0.2) is 0 Å². The number of rotatable bonds is 3. The summed E-state index contributed by atoms with van der Waals surface area (Å²) in [6.45, 7) is 5.64. The molecule has 0 saturated carbocycles. The SMILES string of the molecule is CC(C)(C)OC(=O)N1CCC[C@@]1(Cc1cccc(Br)c1)C(=O)[O-]. The summed E-state index contributed by atoms with van der Waals surface area (Å²) in [5.41, 5.74) is -1.20. The Hall–Kier alpha value is -1.56. The number of carbonyl (C=O) groups excluding carboxylic acids is 2. The zero-order valence-corrected chi connectivity index (χ0v) is 15.2. The van der Waals surface area contributed by atoms with E-state index in [2.05, 4.69) is 15.9 Å². The molecular formula is C17H21BrNO4-. The number of amides is 1. The highest BCUT2D eigenvalue weighted by molar-refractivity contribution is 9.10. The van der Waals surface area contributed by atoms with Crippen LogP contribution in [0.3, 0.4) is 0 Å². The van der Waals surface area contributed by atoms with Crippen molar-refractivity contribution in [1.82, 2.24) is 4.90 Å². The normalized spacial score (nSPS) is 21.3. The second kappa shape index (κ2) is 6.51. The van der Waals surface area contributed by atoms with Gasteiger partial charge >= 0.3 is 6.09 Å². The molecule has 126 valence electrons. The molecule has 1 aliphatic rings. The van der Waals surface area contributed by atoms with Crippen LogP contribution in [-0.2, 0) is 16.0 Å². The maximum atomic E-state index is 12.4. The van der Waals surface area contributed by atoms with Gasteiger partial charge in [-0.25, -0.2) is 4.79 Å². The maximum Gasteiger partial charge on any atom is 0.411 e. The van der Waals surface area contributed by atoms with E-state index in [-0.39, 0.29) is 6.42 Å². The van der Waals surface area contributed by atoms with Crippen molar-refractivity contribution in [2.45, 2.75) is 51.2 Å². The number of aliphatic carboxylic acids is 1.